The molecule has 100 valence electrons. The number of anilines is 1. The number of ether oxygens (including phenoxy) is 1. The number of nitrogen functional groups attached to an aromatic ring is 1. The number of thioether (sulfide) groups is 1. The fourth-order valence-corrected chi connectivity index (χ4v) is 1.98. The van der Waals surface area contributed by atoms with Gasteiger partial charge in [0.15, 0.2) is 0 Å². The Morgan fingerprint density at radius 3 is 2.83 bits per heavy atom. The van der Waals surface area contributed by atoms with Crippen LogP contribution in [0.5, 0.6) is 0 Å². The van der Waals surface area contributed by atoms with Crippen molar-refractivity contribution in [1.82, 2.24) is 0 Å². The topological polar surface area (TPSA) is 52.3 Å². The summed E-state index contributed by atoms with van der Waals surface area (Å²) >= 11 is 1.79. The largest absolute Gasteiger partial charge is 0.462 e. The molecule has 0 unspecified atom stereocenters. The van der Waals surface area contributed by atoms with Gasteiger partial charge in [-0.3, -0.25) is 0 Å². The first-order chi connectivity index (χ1) is 8.56. The summed E-state index contributed by atoms with van der Waals surface area (Å²) in [4.78, 5) is 11.6. The van der Waals surface area contributed by atoms with Crippen molar-refractivity contribution in [2.24, 2.45) is 0 Å². The number of carbonyl (C=O) groups is 1. The molecule has 0 saturated heterocycles. The van der Waals surface area contributed by atoms with E-state index in [0.717, 1.165) is 24.0 Å². The first kappa shape index (κ1) is 14.8. The Morgan fingerprint density at radius 1 is 1.50 bits per heavy atom. The highest BCUT2D eigenvalue weighted by Gasteiger charge is 2.12. The molecule has 0 aliphatic heterocycles. The lowest BCUT2D eigenvalue weighted by atomic mass is 10.1. The molecule has 0 fully saturated rings. The Labute approximate surface area is 111 Å². The van der Waals surface area contributed by atoms with Crippen LogP contribution in [0.4, 0.5) is 10.1 Å². The van der Waals surface area contributed by atoms with Crippen molar-refractivity contribution < 1.29 is 13.9 Å². The second-order valence-electron chi connectivity index (χ2n) is 3.86. The van der Waals surface area contributed by atoms with Gasteiger partial charge in [0.1, 0.15) is 5.82 Å². The van der Waals surface area contributed by atoms with Crippen LogP contribution in [0.15, 0.2) is 12.1 Å². The summed E-state index contributed by atoms with van der Waals surface area (Å²) in [5, 5.41) is 0. The number of hydrogen-bond acceptors (Lipinski definition) is 4. The number of nitrogens with two attached hydrogens (primary N) is 1. The zero-order valence-corrected chi connectivity index (χ0v) is 11.5. The summed E-state index contributed by atoms with van der Waals surface area (Å²) in [7, 11) is 0. The van der Waals surface area contributed by atoms with Crippen LogP contribution in [-0.2, 0) is 4.74 Å². The van der Waals surface area contributed by atoms with Gasteiger partial charge in [-0.25, -0.2) is 9.18 Å². The zero-order chi connectivity index (χ0) is 13.5. The third-order valence-corrected chi connectivity index (χ3v) is 3.48. The van der Waals surface area contributed by atoms with Gasteiger partial charge in [-0.2, -0.15) is 11.8 Å². The van der Waals surface area contributed by atoms with Gasteiger partial charge in [0, 0.05) is 11.3 Å². The molecule has 0 aliphatic carbocycles. The van der Waals surface area contributed by atoms with E-state index in [9.17, 15) is 9.18 Å². The summed E-state index contributed by atoms with van der Waals surface area (Å²) in [6.07, 6.45) is 0.800. The number of carbonyl (C=O) groups excluding carboxylic acids is 1. The lowest BCUT2D eigenvalue weighted by molar-refractivity contribution is 0.0506. The van der Waals surface area contributed by atoms with E-state index >= 15 is 0 Å². The van der Waals surface area contributed by atoms with E-state index in [4.69, 9.17) is 10.5 Å². The van der Waals surface area contributed by atoms with Crippen LogP contribution >= 0.6 is 11.8 Å². The minimum atomic E-state index is -0.526. The van der Waals surface area contributed by atoms with Crippen molar-refractivity contribution >= 4 is 23.4 Å². The molecule has 0 aliphatic rings. The smallest absolute Gasteiger partial charge is 0.338 e. The number of rotatable bonds is 6. The van der Waals surface area contributed by atoms with Crippen LogP contribution in [0.2, 0.25) is 0 Å². The van der Waals surface area contributed by atoms with Crippen LogP contribution in [0.1, 0.15) is 29.3 Å². The van der Waals surface area contributed by atoms with E-state index < -0.39 is 11.8 Å². The predicted octanol–water partition coefficient (Wildman–Crippen LogP) is 3.02. The van der Waals surface area contributed by atoms with E-state index in [1.165, 1.54) is 6.07 Å². The van der Waals surface area contributed by atoms with E-state index in [2.05, 4.69) is 6.92 Å². The van der Waals surface area contributed by atoms with E-state index in [-0.39, 0.29) is 11.3 Å². The standard InChI is InChI=1S/C13H18FNO2S/c1-3-18-6-4-5-17-13(16)10-7-11(14)9(2)12(15)8-10/h7-8H,3-6,15H2,1-2H3. The van der Waals surface area contributed by atoms with Crippen LogP contribution in [0, 0.1) is 12.7 Å². The summed E-state index contributed by atoms with van der Waals surface area (Å²) in [6.45, 7) is 4.00. The lowest BCUT2D eigenvalue weighted by Gasteiger charge is -2.07. The molecule has 1 rings (SSSR count). The molecule has 2 N–H and O–H groups in total. The quantitative estimate of drug-likeness (QED) is 0.491. The van der Waals surface area contributed by atoms with Crippen LogP contribution in [0.3, 0.4) is 0 Å². The minimum Gasteiger partial charge on any atom is -0.462 e. The molecule has 0 aromatic heterocycles. The number of hydrogen-bond donors (Lipinski definition) is 1. The van der Waals surface area contributed by atoms with Crippen molar-refractivity contribution in [3.05, 3.63) is 29.1 Å². The minimum absolute atomic E-state index is 0.166. The summed E-state index contributed by atoms with van der Waals surface area (Å²) in [5.41, 5.74) is 6.39. The van der Waals surface area contributed by atoms with Crippen molar-refractivity contribution in [1.29, 1.82) is 0 Å². The molecule has 0 bridgehead atoms. The van der Waals surface area contributed by atoms with Crippen LogP contribution in [-0.4, -0.2) is 24.1 Å². The number of benzene rings is 1. The van der Waals surface area contributed by atoms with Gasteiger partial charge in [-0.05, 0) is 37.0 Å². The third-order valence-electron chi connectivity index (χ3n) is 2.49. The second-order valence-corrected chi connectivity index (χ2v) is 5.25. The zero-order valence-electron chi connectivity index (χ0n) is 10.7. The molecule has 18 heavy (non-hydrogen) atoms. The first-order valence-electron chi connectivity index (χ1n) is 5.86. The maximum atomic E-state index is 13.4. The molecule has 0 heterocycles. The Balaban J connectivity index is 2.52. The fourth-order valence-electron chi connectivity index (χ4n) is 1.37. The van der Waals surface area contributed by atoms with Crippen LogP contribution in [0.25, 0.3) is 0 Å². The van der Waals surface area contributed by atoms with Gasteiger partial charge < -0.3 is 10.5 Å². The molecular weight excluding hydrogens is 253 g/mol. The SMILES string of the molecule is CCSCCCOC(=O)c1cc(N)c(C)c(F)c1. The molecule has 3 nitrogen and oxygen atoms in total. The van der Waals surface area contributed by atoms with Crippen molar-refractivity contribution in [3.63, 3.8) is 0 Å². The Kier molecular flexibility index (Phi) is 5.98. The number of halogens is 1. The van der Waals surface area contributed by atoms with Gasteiger partial charge in [-0.15, -0.1) is 0 Å². The lowest BCUT2D eigenvalue weighted by Crippen LogP contribution is -2.09. The maximum Gasteiger partial charge on any atom is 0.338 e. The highest BCUT2D eigenvalue weighted by atomic mass is 32.2. The second kappa shape index (κ2) is 7.26. The van der Waals surface area contributed by atoms with Crippen molar-refractivity contribution in [2.75, 3.05) is 23.8 Å². The highest BCUT2D eigenvalue weighted by molar-refractivity contribution is 7.99. The van der Waals surface area contributed by atoms with Crippen molar-refractivity contribution in [3.8, 4) is 0 Å². The van der Waals surface area contributed by atoms with E-state index in [0.29, 0.717) is 12.2 Å². The predicted molar refractivity (Wildman–Crippen MR) is 73.4 cm³/mol. The fraction of sp³-hybridized carbons (Fsp3) is 0.462. The van der Waals surface area contributed by atoms with Gasteiger partial charge in [-0.1, -0.05) is 6.92 Å². The first-order valence-corrected chi connectivity index (χ1v) is 7.02. The summed E-state index contributed by atoms with van der Waals surface area (Å²) in [6, 6.07) is 2.61. The molecule has 0 spiro atoms. The Morgan fingerprint density at radius 2 is 2.22 bits per heavy atom. The molecule has 0 amide bonds. The van der Waals surface area contributed by atoms with Crippen molar-refractivity contribution in [2.45, 2.75) is 20.3 Å². The average molecular weight is 271 g/mol. The van der Waals surface area contributed by atoms with Gasteiger partial charge in [0.2, 0.25) is 0 Å². The highest BCUT2D eigenvalue weighted by Crippen LogP contribution is 2.18. The normalized spacial score (nSPS) is 10.4. The maximum absolute atomic E-state index is 13.4. The van der Waals surface area contributed by atoms with Gasteiger partial charge in [0.25, 0.3) is 0 Å². The number of esters is 1. The molecule has 0 saturated carbocycles. The molecule has 5 heteroatoms. The summed E-state index contributed by atoms with van der Waals surface area (Å²) < 4.78 is 18.4. The molecular formula is C13H18FNO2S. The van der Waals surface area contributed by atoms with Gasteiger partial charge >= 0.3 is 5.97 Å². The van der Waals surface area contributed by atoms with Gasteiger partial charge in [0.05, 0.1) is 12.2 Å². The van der Waals surface area contributed by atoms with Crippen LogP contribution < -0.4 is 5.73 Å². The Bertz CT molecular complexity index is 400. The monoisotopic (exact) mass is 271 g/mol. The van der Waals surface area contributed by atoms with E-state index in [1.807, 2.05) is 0 Å². The molecule has 1 aromatic rings. The average Bonchev–Trinajstić information content (AvgIpc) is 2.34. The molecule has 1 aromatic carbocycles. The Hall–Kier alpha value is -1.23. The van der Waals surface area contributed by atoms with E-state index in [1.54, 1.807) is 18.7 Å². The molecule has 0 radical (unpaired) electrons. The molecule has 0 atom stereocenters. The summed E-state index contributed by atoms with van der Waals surface area (Å²) in [5.74, 6) is 0.993. The third kappa shape index (κ3) is 4.22.